The van der Waals surface area contributed by atoms with E-state index in [-0.39, 0.29) is 18.5 Å². The van der Waals surface area contributed by atoms with E-state index in [9.17, 15) is 19.8 Å². The molecule has 0 bridgehead atoms. The van der Waals surface area contributed by atoms with Crippen molar-refractivity contribution in [3.63, 3.8) is 0 Å². The molecule has 0 aromatic heterocycles. The van der Waals surface area contributed by atoms with Gasteiger partial charge in [-0.3, -0.25) is 9.59 Å². The Morgan fingerprint density at radius 2 is 0.588 bits per heavy atom. The number of aliphatic hydroxyl groups excluding tert-OH is 2. The monoisotopic (exact) mass is 1190 g/mol. The quantitative estimate of drug-likeness (QED) is 0.0320. The summed E-state index contributed by atoms with van der Waals surface area (Å²) in [5.74, 6) is -0.0200. The highest BCUT2D eigenvalue weighted by Gasteiger charge is 2.20. The maximum Gasteiger partial charge on any atom is 0.305 e. The van der Waals surface area contributed by atoms with Gasteiger partial charge in [0.1, 0.15) is 0 Å². The molecule has 85 heavy (non-hydrogen) atoms. The highest BCUT2D eigenvalue weighted by molar-refractivity contribution is 5.76. The SMILES string of the molecule is CCCCCC/C=C\CCCCCCCC(=O)OCCCCCCCCCCCCC/C=C\C/C=C\CCCCCCCCCCCCCCCCCCCC(=O)NC(CO)C(O)CCCCCCCCCCCCCCCCCCCCCC. The molecule has 0 saturated heterocycles. The molecule has 2 atom stereocenters. The third-order valence-corrected chi connectivity index (χ3v) is 18.2. The molecule has 0 aliphatic rings. The third-order valence-electron chi connectivity index (χ3n) is 18.2. The zero-order chi connectivity index (χ0) is 61.3. The number of rotatable bonds is 73. The van der Waals surface area contributed by atoms with E-state index in [0.29, 0.717) is 25.9 Å². The largest absolute Gasteiger partial charge is 0.466 e. The first-order chi connectivity index (χ1) is 42.0. The molecule has 0 spiro atoms. The summed E-state index contributed by atoms with van der Waals surface area (Å²) in [5, 5.41) is 23.4. The summed E-state index contributed by atoms with van der Waals surface area (Å²) in [7, 11) is 0. The number of hydrogen-bond donors (Lipinski definition) is 3. The van der Waals surface area contributed by atoms with Gasteiger partial charge in [0, 0.05) is 12.8 Å². The number of allylic oxidation sites excluding steroid dienone is 6. The van der Waals surface area contributed by atoms with E-state index < -0.39 is 12.1 Å². The van der Waals surface area contributed by atoms with E-state index in [1.165, 1.54) is 347 Å². The van der Waals surface area contributed by atoms with E-state index in [1.807, 2.05) is 0 Å². The molecule has 0 radical (unpaired) electrons. The van der Waals surface area contributed by atoms with Crippen LogP contribution < -0.4 is 5.32 Å². The summed E-state index contributed by atoms with van der Waals surface area (Å²) in [6.07, 6.45) is 96.6. The number of hydrogen-bond acceptors (Lipinski definition) is 5. The van der Waals surface area contributed by atoms with Crippen molar-refractivity contribution in [1.82, 2.24) is 5.32 Å². The molecule has 0 heterocycles. The van der Waals surface area contributed by atoms with Crippen molar-refractivity contribution in [2.45, 2.75) is 443 Å². The van der Waals surface area contributed by atoms with Crippen molar-refractivity contribution in [3.05, 3.63) is 36.5 Å². The van der Waals surface area contributed by atoms with Crippen LogP contribution in [0.3, 0.4) is 0 Å². The van der Waals surface area contributed by atoms with Crippen molar-refractivity contribution >= 4 is 11.9 Å². The maximum atomic E-state index is 12.6. The van der Waals surface area contributed by atoms with Crippen LogP contribution in [0.25, 0.3) is 0 Å². The number of aliphatic hydroxyl groups is 2. The molecule has 0 fully saturated rings. The van der Waals surface area contributed by atoms with Crippen LogP contribution in [0, 0.1) is 0 Å². The van der Waals surface area contributed by atoms with Gasteiger partial charge in [0.25, 0.3) is 0 Å². The lowest BCUT2D eigenvalue weighted by molar-refractivity contribution is -0.143. The predicted molar refractivity (Wildman–Crippen MR) is 375 cm³/mol. The van der Waals surface area contributed by atoms with Crippen LogP contribution in [0.15, 0.2) is 36.5 Å². The summed E-state index contributed by atoms with van der Waals surface area (Å²) in [6, 6.07) is -0.541. The highest BCUT2D eigenvalue weighted by Crippen LogP contribution is 2.19. The Labute approximate surface area is 532 Å². The Balaban J connectivity index is 3.37. The van der Waals surface area contributed by atoms with E-state index in [0.717, 1.165) is 51.4 Å². The molecular formula is C79H151NO5. The summed E-state index contributed by atoms with van der Waals surface area (Å²) < 4.78 is 5.48. The molecule has 6 nitrogen and oxygen atoms in total. The van der Waals surface area contributed by atoms with Gasteiger partial charge < -0.3 is 20.3 Å². The van der Waals surface area contributed by atoms with Crippen LogP contribution in [-0.2, 0) is 14.3 Å². The molecule has 1 amide bonds. The van der Waals surface area contributed by atoms with Gasteiger partial charge in [-0.25, -0.2) is 0 Å². The molecule has 0 aliphatic carbocycles. The van der Waals surface area contributed by atoms with E-state index >= 15 is 0 Å². The van der Waals surface area contributed by atoms with Crippen molar-refractivity contribution in [3.8, 4) is 0 Å². The zero-order valence-corrected chi connectivity index (χ0v) is 57.6. The predicted octanol–water partition coefficient (Wildman–Crippen LogP) is 25.4. The second kappa shape index (κ2) is 74.5. The fourth-order valence-corrected chi connectivity index (χ4v) is 12.3. The van der Waals surface area contributed by atoms with E-state index in [4.69, 9.17) is 4.74 Å². The van der Waals surface area contributed by atoms with Gasteiger partial charge in [-0.1, -0.05) is 371 Å². The van der Waals surface area contributed by atoms with Crippen molar-refractivity contribution in [2.75, 3.05) is 13.2 Å². The van der Waals surface area contributed by atoms with Gasteiger partial charge in [0.15, 0.2) is 0 Å². The fraction of sp³-hybridized carbons (Fsp3) is 0.899. The van der Waals surface area contributed by atoms with Gasteiger partial charge in [0.05, 0.1) is 25.4 Å². The van der Waals surface area contributed by atoms with Gasteiger partial charge in [-0.15, -0.1) is 0 Å². The number of amides is 1. The zero-order valence-electron chi connectivity index (χ0n) is 57.6. The number of nitrogens with one attached hydrogen (secondary N) is 1. The topological polar surface area (TPSA) is 95.9 Å². The molecule has 0 aromatic rings. The first kappa shape index (κ1) is 83.1. The summed E-state index contributed by atoms with van der Waals surface area (Å²) in [5.41, 5.74) is 0. The van der Waals surface area contributed by atoms with Crippen LogP contribution in [-0.4, -0.2) is 47.4 Å². The average molecular weight is 1200 g/mol. The van der Waals surface area contributed by atoms with Crippen molar-refractivity contribution < 1.29 is 24.5 Å². The Morgan fingerprint density at radius 3 is 0.918 bits per heavy atom. The first-order valence-electron chi connectivity index (χ1n) is 38.7. The number of carbonyl (C=O) groups excluding carboxylic acids is 2. The van der Waals surface area contributed by atoms with Crippen LogP contribution in [0.1, 0.15) is 431 Å². The Kier molecular flexibility index (Phi) is 72.9. The van der Waals surface area contributed by atoms with Gasteiger partial charge >= 0.3 is 5.97 Å². The van der Waals surface area contributed by atoms with Crippen LogP contribution >= 0.6 is 0 Å². The lowest BCUT2D eigenvalue weighted by Gasteiger charge is -2.22. The fourth-order valence-electron chi connectivity index (χ4n) is 12.3. The number of carbonyl (C=O) groups is 2. The number of unbranched alkanes of at least 4 members (excludes halogenated alkanes) is 56. The molecule has 0 rings (SSSR count). The maximum absolute atomic E-state index is 12.6. The third kappa shape index (κ3) is 71.0. The highest BCUT2D eigenvalue weighted by atomic mass is 16.5. The van der Waals surface area contributed by atoms with Crippen LogP contribution in [0.4, 0.5) is 0 Å². The van der Waals surface area contributed by atoms with E-state index in [1.54, 1.807) is 0 Å². The summed E-state index contributed by atoms with van der Waals surface area (Å²) in [6.45, 7) is 4.98. The molecule has 0 aliphatic heterocycles. The van der Waals surface area contributed by atoms with E-state index in [2.05, 4.69) is 55.6 Å². The Hall–Kier alpha value is -1.92. The molecule has 3 N–H and O–H groups in total. The summed E-state index contributed by atoms with van der Waals surface area (Å²) >= 11 is 0. The number of ether oxygens (including phenoxy) is 1. The van der Waals surface area contributed by atoms with Crippen molar-refractivity contribution in [1.29, 1.82) is 0 Å². The number of esters is 1. The van der Waals surface area contributed by atoms with Crippen molar-refractivity contribution in [2.24, 2.45) is 0 Å². The summed E-state index contributed by atoms with van der Waals surface area (Å²) in [4.78, 5) is 24.6. The average Bonchev–Trinajstić information content (AvgIpc) is 3.51. The minimum atomic E-state index is -0.664. The van der Waals surface area contributed by atoms with Gasteiger partial charge in [-0.2, -0.15) is 0 Å². The molecular weight excluding hydrogens is 1040 g/mol. The van der Waals surface area contributed by atoms with Crippen LogP contribution in [0.5, 0.6) is 0 Å². The second-order valence-corrected chi connectivity index (χ2v) is 26.7. The smallest absolute Gasteiger partial charge is 0.305 e. The standard InChI is InChI=1S/C79H151NO5/c1-3-5-7-9-11-13-15-17-18-19-20-38-41-44-48-51-55-59-63-67-71-77(82)76(75-81)80-78(83)72-68-64-60-56-52-49-45-42-39-36-34-32-30-28-26-24-22-21-23-25-27-29-31-33-35-37-40-43-46-50-54-58-62-66-70-74-85-79(84)73-69-65-61-57-53-47-16-14-12-10-8-6-4-2/h14,16,23,25,29,31,76-77,81-82H,3-13,15,17-22,24,26-28,30,32-75H2,1-2H3,(H,80,83)/b16-14-,25-23-,31-29-. The van der Waals surface area contributed by atoms with Crippen LogP contribution in [0.2, 0.25) is 0 Å². The minimum Gasteiger partial charge on any atom is -0.466 e. The molecule has 0 aromatic carbocycles. The molecule has 0 saturated carbocycles. The molecule has 502 valence electrons. The molecule has 2 unspecified atom stereocenters. The normalized spacial score (nSPS) is 12.7. The lowest BCUT2D eigenvalue weighted by Crippen LogP contribution is -2.45. The van der Waals surface area contributed by atoms with Gasteiger partial charge in [0.2, 0.25) is 5.91 Å². The second-order valence-electron chi connectivity index (χ2n) is 26.7. The van der Waals surface area contributed by atoms with Gasteiger partial charge in [-0.05, 0) is 83.5 Å². The Bertz CT molecular complexity index is 1380. The minimum absolute atomic E-state index is 0.00803. The first-order valence-corrected chi connectivity index (χ1v) is 38.7. The Morgan fingerprint density at radius 1 is 0.329 bits per heavy atom. The molecule has 6 heteroatoms. The lowest BCUT2D eigenvalue weighted by atomic mass is 10.0.